The van der Waals surface area contributed by atoms with Crippen LogP contribution in [-0.2, 0) is 4.79 Å². The van der Waals surface area contributed by atoms with Gasteiger partial charge < -0.3 is 20.6 Å². The summed E-state index contributed by atoms with van der Waals surface area (Å²) in [7, 11) is 3.80. The zero-order valence-corrected chi connectivity index (χ0v) is 12.2. The molecule has 1 aromatic carbocycles. The van der Waals surface area contributed by atoms with Crippen molar-refractivity contribution in [2.24, 2.45) is 5.92 Å². The highest BCUT2D eigenvalue weighted by Crippen LogP contribution is 2.17. The maximum absolute atomic E-state index is 11.8. The SMILES string of the molecule is CC(C)[C@H](NC(=O)Nc1cccc(N(C)C)c1)C(=O)O. The van der Waals surface area contributed by atoms with E-state index in [0.717, 1.165) is 5.69 Å². The lowest BCUT2D eigenvalue weighted by Crippen LogP contribution is -2.46. The molecule has 1 atom stereocenters. The number of benzene rings is 1. The molecule has 20 heavy (non-hydrogen) atoms. The average Bonchev–Trinajstić information content (AvgIpc) is 2.35. The highest BCUT2D eigenvalue weighted by Gasteiger charge is 2.23. The van der Waals surface area contributed by atoms with Gasteiger partial charge in [0.25, 0.3) is 0 Å². The van der Waals surface area contributed by atoms with Crippen LogP contribution in [0.3, 0.4) is 0 Å². The van der Waals surface area contributed by atoms with Crippen LogP contribution in [0.5, 0.6) is 0 Å². The second-order valence-electron chi connectivity index (χ2n) is 5.10. The van der Waals surface area contributed by atoms with Crippen molar-refractivity contribution >= 4 is 23.4 Å². The Labute approximate surface area is 118 Å². The Balaban J connectivity index is 2.71. The number of carbonyl (C=O) groups is 2. The van der Waals surface area contributed by atoms with Gasteiger partial charge in [0, 0.05) is 25.5 Å². The molecule has 0 aliphatic carbocycles. The lowest BCUT2D eigenvalue weighted by Gasteiger charge is -2.19. The second kappa shape index (κ2) is 6.79. The first-order valence-electron chi connectivity index (χ1n) is 6.39. The molecule has 0 bridgehead atoms. The van der Waals surface area contributed by atoms with Crippen LogP contribution in [0.1, 0.15) is 13.8 Å². The van der Waals surface area contributed by atoms with E-state index >= 15 is 0 Å². The lowest BCUT2D eigenvalue weighted by molar-refractivity contribution is -0.140. The number of hydrogen-bond acceptors (Lipinski definition) is 3. The quantitative estimate of drug-likeness (QED) is 0.770. The van der Waals surface area contributed by atoms with Gasteiger partial charge in [0.2, 0.25) is 0 Å². The minimum Gasteiger partial charge on any atom is -0.480 e. The molecule has 0 saturated heterocycles. The number of anilines is 2. The van der Waals surface area contributed by atoms with Crippen LogP contribution in [0.25, 0.3) is 0 Å². The van der Waals surface area contributed by atoms with E-state index in [9.17, 15) is 9.59 Å². The smallest absolute Gasteiger partial charge is 0.326 e. The molecule has 0 aliphatic heterocycles. The van der Waals surface area contributed by atoms with E-state index in [0.29, 0.717) is 5.69 Å². The molecular formula is C14H21N3O3. The van der Waals surface area contributed by atoms with Crippen LogP contribution in [0.4, 0.5) is 16.2 Å². The number of hydrogen-bond donors (Lipinski definition) is 3. The minimum absolute atomic E-state index is 0.189. The normalized spacial score (nSPS) is 11.8. The number of amides is 2. The predicted octanol–water partition coefficient (Wildman–Crippen LogP) is 1.98. The number of carbonyl (C=O) groups excluding carboxylic acids is 1. The van der Waals surface area contributed by atoms with Crippen molar-refractivity contribution in [2.75, 3.05) is 24.3 Å². The van der Waals surface area contributed by atoms with Crippen LogP contribution in [0, 0.1) is 5.92 Å². The minimum atomic E-state index is -1.04. The summed E-state index contributed by atoms with van der Waals surface area (Å²) in [5.74, 6) is -1.23. The number of nitrogens with zero attached hydrogens (tertiary/aromatic N) is 1. The van der Waals surface area contributed by atoms with Crippen molar-refractivity contribution in [2.45, 2.75) is 19.9 Å². The third kappa shape index (κ3) is 4.46. The molecule has 0 spiro atoms. The Kier molecular flexibility index (Phi) is 5.37. The Morgan fingerprint density at radius 2 is 1.90 bits per heavy atom. The van der Waals surface area contributed by atoms with E-state index < -0.39 is 18.0 Å². The summed E-state index contributed by atoms with van der Waals surface area (Å²) in [6.45, 7) is 3.48. The van der Waals surface area contributed by atoms with Crippen molar-refractivity contribution in [3.8, 4) is 0 Å². The van der Waals surface area contributed by atoms with E-state index in [4.69, 9.17) is 5.11 Å². The zero-order valence-electron chi connectivity index (χ0n) is 12.2. The van der Waals surface area contributed by atoms with Crippen LogP contribution < -0.4 is 15.5 Å². The Bertz CT molecular complexity index is 486. The van der Waals surface area contributed by atoms with Crippen LogP contribution in [-0.4, -0.2) is 37.2 Å². The van der Waals surface area contributed by atoms with Gasteiger partial charge in [0.1, 0.15) is 6.04 Å². The number of aliphatic carboxylic acids is 1. The summed E-state index contributed by atoms with van der Waals surface area (Å²) < 4.78 is 0. The van der Waals surface area contributed by atoms with Gasteiger partial charge in [0.15, 0.2) is 0 Å². The summed E-state index contributed by atoms with van der Waals surface area (Å²) in [6.07, 6.45) is 0. The van der Waals surface area contributed by atoms with Crippen LogP contribution >= 0.6 is 0 Å². The summed E-state index contributed by atoms with van der Waals surface area (Å²) in [5.41, 5.74) is 1.56. The largest absolute Gasteiger partial charge is 0.480 e. The summed E-state index contributed by atoms with van der Waals surface area (Å²) >= 11 is 0. The van der Waals surface area contributed by atoms with Gasteiger partial charge in [-0.15, -0.1) is 0 Å². The molecule has 0 aromatic heterocycles. The molecule has 0 radical (unpaired) electrons. The number of rotatable bonds is 5. The molecule has 0 saturated carbocycles. The molecular weight excluding hydrogens is 258 g/mol. The lowest BCUT2D eigenvalue weighted by atomic mass is 10.1. The fraction of sp³-hybridized carbons (Fsp3) is 0.429. The predicted molar refractivity (Wildman–Crippen MR) is 79.2 cm³/mol. The number of nitrogens with one attached hydrogen (secondary N) is 2. The zero-order chi connectivity index (χ0) is 15.3. The third-order valence-electron chi connectivity index (χ3n) is 2.84. The third-order valence-corrected chi connectivity index (χ3v) is 2.84. The number of carboxylic acids is 1. The monoisotopic (exact) mass is 279 g/mol. The number of carboxylic acid groups (broad SMARTS) is 1. The first-order valence-corrected chi connectivity index (χ1v) is 6.39. The van der Waals surface area contributed by atoms with E-state index in [1.165, 1.54) is 0 Å². The maximum atomic E-state index is 11.8. The van der Waals surface area contributed by atoms with E-state index in [-0.39, 0.29) is 5.92 Å². The molecule has 0 heterocycles. The second-order valence-corrected chi connectivity index (χ2v) is 5.10. The highest BCUT2D eigenvalue weighted by atomic mass is 16.4. The van der Waals surface area contributed by atoms with Crippen molar-refractivity contribution in [1.82, 2.24) is 5.32 Å². The molecule has 1 aromatic rings. The Morgan fingerprint density at radius 3 is 2.40 bits per heavy atom. The molecule has 3 N–H and O–H groups in total. The van der Waals surface area contributed by atoms with E-state index in [1.54, 1.807) is 19.9 Å². The summed E-state index contributed by atoms with van der Waals surface area (Å²) in [5, 5.41) is 14.1. The first-order chi connectivity index (χ1) is 9.31. The fourth-order valence-corrected chi connectivity index (χ4v) is 1.68. The van der Waals surface area contributed by atoms with Gasteiger partial charge in [-0.3, -0.25) is 0 Å². The first kappa shape index (κ1) is 15.8. The fourth-order valence-electron chi connectivity index (χ4n) is 1.68. The van der Waals surface area contributed by atoms with Crippen molar-refractivity contribution < 1.29 is 14.7 Å². The summed E-state index contributed by atoms with van der Waals surface area (Å²) in [4.78, 5) is 24.8. The maximum Gasteiger partial charge on any atom is 0.326 e. The Morgan fingerprint density at radius 1 is 1.25 bits per heavy atom. The molecule has 0 unspecified atom stereocenters. The molecule has 1 rings (SSSR count). The van der Waals surface area contributed by atoms with Crippen LogP contribution in [0.15, 0.2) is 24.3 Å². The summed E-state index contributed by atoms with van der Waals surface area (Å²) in [6, 6.07) is 5.86. The topological polar surface area (TPSA) is 81.7 Å². The standard InChI is InChI=1S/C14H21N3O3/c1-9(2)12(13(18)19)16-14(20)15-10-6-5-7-11(8-10)17(3)4/h5-9,12H,1-4H3,(H,18,19)(H2,15,16,20)/t12-/m0/s1. The highest BCUT2D eigenvalue weighted by molar-refractivity contribution is 5.92. The van der Waals surface area contributed by atoms with Gasteiger partial charge in [-0.1, -0.05) is 19.9 Å². The van der Waals surface area contributed by atoms with Gasteiger partial charge in [-0.2, -0.15) is 0 Å². The average molecular weight is 279 g/mol. The molecule has 110 valence electrons. The molecule has 0 fully saturated rings. The molecule has 6 heteroatoms. The molecule has 6 nitrogen and oxygen atoms in total. The van der Waals surface area contributed by atoms with Gasteiger partial charge in [-0.05, 0) is 24.1 Å². The van der Waals surface area contributed by atoms with E-state index in [1.807, 2.05) is 37.2 Å². The van der Waals surface area contributed by atoms with Crippen molar-refractivity contribution in [3.63, 3.8) is 0 Å². The Hall–Kier alpha value is -2.24. The van der Waals surface area contributed by atoms with Gasteiger partial charge in [0.05, 0.1) is 0 Å². The van der Waals surface area contributed by atoms with Gasteiger partial charge in [-0.25, -0.2) is 9.59 Å². The van der Waals surface area contributed by atoms with E-state index in [2.05, 4.69) is 10.6 Å². The van der Waals surface area contributed by atoms with Crippen LogP contribution in [0.2, 0.25) is 0 Å². The van der Waals surface area contributed by atoms with Crippen molar-refractivity contribution in [1.29, 1.82) is 0 Å². The number of urea groups is 1. The van der Waals surface area contributed by atoms with Gasteiger partial charge >= 0.3 is 12.0 Å². The molecule has 2 amide bonds. The molecule has 0 aliphatic rings. The van der Waals surface area contributed by atoms with Crippen molar-refractivity contribution in [3.05, 3.63) is 24.3 Å².